The van der Waals surface area contributed by atoms with Crippen LogP contribution in [-0.2, 0) is 57.1 Å². The molecule has 11 unspecified atom stereocenters. The van der Waals surface area contributed by atoms with Gasteiger partial charge in [0.25, 0.3) is 0 Å². The standard InChI is InChI=1S/C39H68N4O23/c44-11-10-43(15-25(49)40-7-3-1-2-6-24(48)41-8-13-60-36-20(47)5-4-12-59-36)16-26(50)42-9-14-61-38-34(58)35(66-39-33(57)31(55)28(52)22(18-46)64-39)29(53)23(65-38)19-62-37-32(56)30(54)27(51)21(17-45)63-37/h11,20-23,27-39,45-47,51-58H,1-10,12-19H2,(H,40,49)(H,41,48)(H,42,50)/t20?,21?,22?,23?,27-,28-,29-,30?,31?,32?,33?,34?,35?,36?,37+,38+,39-/m1/s1. The normalized spacial score (nSPS) is 36.2. The van der Waals surface area contributed by atoms with Gasteiger partial charge in [0.2, 0.25) is 17.7 Å². The van der Waals surface area contributed by atoms with Gasteiger partial charge < -0.3 is 115 Å². The van der Waals surface area contributed by atoms with Gasteiger partial charge in [-0.2, -0.15) is 0 Å². The quantitative estimate of drug-likeness (QED) is 0.0268. The molecule has 27 nitrogen and oxygen atoms in total. The van der Waals surface area contributed by atoms with E-state index in [4.69, 9.17) is 37.9 Å². The van der Waals surface area contributed by atoms with Crippen molar-refractivity contribution in [2.75, 3.05) is 78.9 Å². The van der Waals surface area contributed by atoms with E-state index in [1.165, 1.54) is 4.90 Å². The van der Waals surface area contributed by atoms with Crippen LogP contribution in [0.2, 0.25) is 0 Å². The molecule has 4 aliphatic rings. The van der Waals surface area contributed by atoms with Crippen molar-refractivity contribution in [2.45, 2.75) is 143 Å². The fraction of sp³-hybridized carbons (Fsp3) is 0.897. The van der Waals surface area contributed by atoms with E-state index in [0.717, 1.165) is 6.42 Å². The molecule has 14 N–H and O–H groups in total. The van der Waals surface area contributed by atoms with Crippen LogP contribution >= 0.6 is 0 Å². The molecular formula is C39H68N4O23. The molecule has 4 rings (SSSR count). The Labute approximate surface area is 379 Å². The smallest absolute Gasteiger partial charge is 0.234 e. The molecule has 4 heterocycles. The molecule has 17 atom stereocenters. The number of unbranched alkanes of at least 4 members (excludes halogenated alkanes) is 2. The largest absolute Gasteiger partial charge is 0.394 e. The molecule has 3 amide bonds. The Kier molecular flexibility index (Phi) is 24.3. The summed E-state index contributed by atoms with van der Waals surface area (Å²) < 4.78 is 44.1. The van der Waals surface area contributed by atoms with Crippen LogP contribution < -0.4 is 16.0 Å². The Hall–Kier alpha value is -2.72. The maximum atomic E-state index is 12.8. The number of ether oxygens (including phenoxy) is 8. The second-order valence-electron chi connectivity index (χ2n) is 16.2. The van der Waals surface area contributed by atoms with Crippen molar-refractivity contribution in [1.82, 2.24) is 20.9 Å². The van der Waals surface area contributed by atoms with Gasteiger partial charge in [-0.1, -0.05) is 6.42 Å². The van der Waals surface area contributed by atoms with Gasteiger partial charge in [0.05, 0.1) is 52.7 Å². The topological polar surface area (TPSA) is 404 Å². The third-order valence-corrected chi connectivity index (χ3v) is 11.2. The van der Waals surface area contributed by atoms with Gasteiger partial charge in [-0.05, 0) is 25.7 Å². The SMILES string of the molecule is O=CCN(CC(=O)NCCCCCC(=O)NCCOC1OCCCC1O)CC(=O)NCCO[C@H]1OC(CO[C@H]2OC(CO)[C@@H](O)C(O)C2O)[C@@H](O)C(O[C@H]2OC(CO)[C@@H](O)C(O)C2O)C1O. The van der Waals surface area contributed by atoms with Gasteiger partial charge in [0.15, 0.2) is 25.2 Å². The van der Waals surface area contributed by atoms with E-state index >= 15 is 0 Å². The summed E-state index contributed by atoms with van der Waals surface area (Å²) in [6.07, 6.45) is -23.3. The second-order valence-corrected chi connectivity index (χ2v) is 16.2. The predicted molar refractivity (Wildman–Crippen MR) is 216 cm³/mol. The molecule has 0 spiro atoms. The monoisotopic (exact) mass is 960 g/mol. The molecule has 0 bridgehead atoms. The number of aldehydes is 1. The van der Waals surface area contributed by atoms with Crippen LogP contribution in [0.15, 0.2) is 0 Å². The number of aliphatic hydroxyl groups excluding tert-OH is 11. The number of hydrogen-bond acceptors (Lipinski definition) is 24. The second kappa shape index (κ2) is 28.7. The van der Waals surface area contributed by atoms with Crippen LogP contribution in [0.1, 0.15) is 38.5 Å². The minimum atomic E-state index is -1.94. The zero-order valence-corrected chi connectivity index (χ0v) is 36.4. The van der Waals surface area contributed by atoms with E-state index < -0.39 is 136 Å². The van der Waals surface area contributed by atoms with Crippen molar-refractivity contribution in [3.8, 4) is 0 Å². The summed E-state index contributed by atoms with van der Waals surface area (Å²) in [6.45, 7) is -2.48. The molecule has 0 aromatic heterocycles. The highest BCUT2D eigenvalue weighted by Gasteiger charge is 2.52. The first-order valence-electron chi connectivity index (χ1n) is 22.0. The fourth-order valence-corrected chi connectivity index (χ4v) is 7.41. The van der Waals surface area contributed by atoms with Crippen LogP contribution in [0, 0.1) is 0 Å². The molecule has 4 fully saturated rings. The highest BCUT2D eigenvalue weighted by atomic mass is 16.8. The van der Waals surface area contributed by atoms with Crippen LogP contribution in [0.3, 0.4) is 0 Å². The molecule has 0 aromatic rings. The van der Waals surface area contributed by atoms with Gasteiger partial charge in [0.1, 0.15) is 85.6 Å². The minimum absolute atomic E-state index is 0.165. The van der Waals surface area contributed by atoms with Crippen molar-refractivity contribution in [3.05, 3.63) is 0 Å². The maximum Gasteiger partial charge on any atom is 0.234 e. The average molecular weight is 961 g/mol. The van der Waals surface area contributed by atoms with E-state index in [1.807, 2.05) is 0 Å². The summed E-state index contributed by atoms with van der Waals surface area (Å²) in [6, 6.07) is 0. The van der Waals surface area contributed by atoms with Gasteiger partial charge in [-0.25, -0.2) is 0 Å². The Morgan fingerprint density at radius 1 is 0.591 bits per heavy atom. The highest BCUT2D eigenvalue weighted by molar-refractivity contribution is 5.81. The van der Waals surface area contributed by atoms with Crippen molar-refractivity contribution < 1.29 is 113 Å². The Morgan fingerprint density at radius 3 is 1.74 bits per heavy atom. The van der Waals surface area contributed by atoms with Crippen molar-refractivity contribution in [3.63, 3.8) is 0 Å². The number of carbonyl (C=O) groups is 4. The summed E-state index contributed by atoms with van der Waals surface area (Å²) in [5, 5.41) is 121. The van der Waals surface area contributed by atoms with Crippen molar-refractivity contribution in [1.29, 1.82) is 0 Å². The number of nitrogens with one attached hydrogen (secondary N) is 3. The number of carbonyl (C=O) groups excluding carboxylic acids is 4. The summed E-state index contributed by atoms with van der Waals surface area (Å²) >= 11 is 0. The van der Waals surface area contributed by atoms with Gasteiger partial charge in [0, 0.05) is 32.7 Å². The molecule has 0 saturated carbocycles. The molecule has 0 radical (unpaired) electrons. The number of hydrogen-bond donors (Lipinski definition) is 14. The van der Waals surface area contributed by atoms with Gasteiger partial charge >= 0.3 is 0 Å². The van der Waals surface area contributed by atoms with Gasteiger partial charge in [-0.3, -0.25) is 19.3 Å². The lowest BCUT2D eigenvalue weighted by Crippen LogP contribution is -2.65. The lowest BCUT2D eigenvalue weighted by atomic mass is 9.96. The van der Waals surface area contributed by atoms with Crippen LogP contribution in [0.4, 0.5) is 0 Å². The van der Waals surface area contributed by atoms with E-state index in [-0.39, 0.29) is 64.8 Å². The summed E-state index contributed by atoms with van der Waals surface area (Å²) in [5.74, 6) is -1.23. The van der Waals surface area contributed by atoms with E-state index in [9.17, 15) is 75.3 Å². The third kappa shape index (κ3) is 16.8. The highest BCUT2D eigenvalue weighted by Crippen LogP contribution is 2.31. The summed E-state index contributed by atoms with van der Waals surface area (Å²) in [5.41, 5.74) is 0. The first-order chi connectivity index (χ1) is 31.6. The summed E-state index contributed by atoms with van der Waals surface area (Å²) in [7, 11) is 0. The molecule has 382 valence electrons. The Bertz CT molecular complexity index is 1460. The molecule has 66 heavy (non-hydrogen) atoms. The number of rotatable bonds is 27. The maximum absolute atomic E-state index is 12.8. The fourth-order valence-electron chi connectivity index (χ4n) is 7.41. The molecule has 27 heteroatoms. The lowest BCUT2D eigenvalue weighted by Gasteiger charge is -2.46. The van der Waals surface area contributed by atoms with Crippen molar-refractivity contribution in [2.24, 2.45) is 0 Å². The Balaban J connectivity index is 1.20. The van der Waals surface area contributed by atoms with Gasteiger partial charge in [-0.15, -0.1) is 0 Å². The molecule has 4 saturated heterocycles. The third-order valence-electron chi connectivity index (χ3n) is 11.2. The zero-order valence-electron chi connectivity index (χ0n) is 36.4. The average Bonchev–Trinajstić information content (AvgIpc) is 3.29. The van der Waals surface area contributed by atoms with E-state index in [0.29, 0.717) is 38.6 Å². The van der Waals surface area contributed by atoms with Crippen molar-refractivity contribution >= 4 is 24.0 Å². The van der Waals surface area contributed by atoms with Crippen LogP contribution in [-0.4, -0.2) is 269 Å². The first-order valence-corrected chi connectivity index (χ1v) is 22.0. The first kappa shape index (κ1) is 55.9. The lowest BCUT2D eigenvalue weighted by molar-refractivity contribution is -0.366. The minimum Gasteiger partial charge on any atom is -0.394 e. The number of aliphatic hydroxyl groups is 11. The predicted octanol–water partition coefficient (Wildman–Crippen LogP) is -8.62. The molecular weight excluding hydrogens is 892 g/mol. The Morgan fingerprint density at radius 2 is 1.14 bits per heavy atom. The van der Waals surface area contributed by atoms with Crippen LogP contribution in [0.25, 0.3) is 0 Å². The van der Waals surface area contributed by atoms with E-state index in [2.05, 4.69) is 16.0 Å². The summed E-state index contributed by atoms with van der Waals surface area (Å²) in [4.78, 5) is 50.1. The molecule has 0 aromatic carbocycles. The molecule has 4 aliphatic heterocycles. The van der Waals surface area contributed by atoms with E-state index in [1.54, 1.807) is 0 Å². The van der Waals surface area contributed by atoms with Crippen LogP contribution in [0.5, 0.6) is 0 Å². The zero-order chi connectivity index (χ0) is 48.3. The number of nitrogens with zero attached hydrogens (tertiary/aromatic N) is 1. The number of amides is 3. The molecule has 0 aliphatic carbocycles.